The molecule has 3 rings (SSSR count). The number of hydrogen-bond donors (Lipinski definition) is 2. The number of nitrogens with zero attached hydrogens (tertiary/aromatic N) is 3. The van der Waals surface area contributed by atoms with Gasteiger partial charge >= 0.3 is 0 Å². The Kier molecular flexibility index (Phi) is 5.75. The number of rotatable bonds is 7. The summed E-state index contributed by atoms with van der Waals surface area (Å²) in [6.07, 6.45) is 0. The van der Waals surface area contributed by atoms with Crippen LogP contribution in [-0.2, 0) is 11.4 Å². The number of carbonyl (C=O) groups excluding carboxylic acids is 1. The fourth-order valence-corrected chi connectivity index (χ4v) is 2.81. The van der Waals surface area contributed by atoms with Crippen molar-refractivity contribution in [1.29, 1.82) is 0 Å². The molecule has 0 aliphatic heterocycles. The standard InChI is InChI=1S/C18H19N5O2S/c1-13-7-9-14(10-8-13)20-17(24)12-26-18-22-21-16(23(18)19)11-25-15-5-3-2-4-6-15/h2-10H,11-12,19H2,1H3,(H,20,24). The van der Waals surface area contributed by atoms with Gasteiger partial charge in [-0.15, -0.1) is 10.2 Å². The molecule has 0 unspecified atom stereocenters. The van der Waals surface area contributed by atoms with Gasteiger partial charge in [-0.1, -0.05) is 47.7 Å². The predicted octanol–water partition coefficient (Wildman–Crippen LogP) is 2.61. The minimum absolute atomic E-state index is 0.135. The number of anilines is 1. The van der Waals surface area contributed by atoms with E-state index in [2.05, 4.69) is 15.5 Å². The average molecular weight is 369 g/mol. The van der Waals surface area contributed by atoms with Gasteiger partial charge in [0.25, 0.3) is 0 Å². The highest BCUT2D eigenvalue weighted by atomic mass is 32.2. The number of nitrogen functional groups attached to an aromatic ring is 1. The predicted molar refractivity (Wildman–Crippen MR) is 101 cm³/mol. The summed E-state index contributed by atoms with van der Waals surface area (Å²) >= 11 is 1.22. The first kappa shape index (κ1) is 17.8. The van der Waals surface area contributed by atoms with E-state index < -0.39 is 0 Å². The maximum Gasteiger partial charge on any atom is 0.234 e. The molecule has 0 saturated heterocycles. The second-order valence-corrected chi connectivity index (χ2v) is 6.52. The van der Waals surface area contributed by atoms with Gasteiger partial charge in [0.1, 0.15) is 12.4 Å². The van der Waals surface area contributed by atoms with Crippen molar-refractivity contribution in [2.75, 3.05) is 16.9 Å². The van der Waals surface area contributed by atoms with E-state index in [0.29, 0.717) is 11.0 Å². The molecule has 8 heteroatoms. The summed E-state index contributed by atoms with van der Waals surface area (Å²) in [7, 11) is 0. The molecule has 0 fully saturated rings. The van der Waals surface area contributed by atoms with Gasteiger partial charge in [0.15, 0.2) is 5.82 Å². The van der Waals surface area contributed by atoms with E-state index >= 15 is 0 Å². The van der Waals surface area contributed by atoms with E-state index in [1.165, 1.54) is 16.4 Å². The molecule has 1 amide bonds. The Bertz CT molecular complexity index is 865. The molecule has 3 aromatic rings. The first-order valence-corrected chi connectivity index (χ1v) is 8.97. The molecule has 0 radical (unpaired) electrons. The SMILES string of the molecule is Cc1ccc(NC(=O)CSc2nnc(COc3ccccc3)n2N)cc1. The number of para-hydroxylation sites is 1. The van der Waals surface area contributed by atoms with Crippen LogP contribution in [0, 0.1) is 6.92 Å². The van der Waals surface area contributed by atoms with E-state index in [9.17, 15) is 4.79 Å². The minimum Gasteiger partial charge on any atom is -0.486 e. The lowest BCUT2D eigenvalue weighted by Gasteiger charge is -2.07. The van der Waals surface area contributed by atoms with Crippen LogP contribution >= 0.6 is 11.8 Å². The van der Waals surface area contributed by atoms with Crippen LogP contribution in [0.5, 0.6) is 5.75 Å². The molecule has 26 heavy (non-hydrogen) atoms. The molecule has 0 spiro atoms. The fraction of sp³-hybridized carbons (Fsp3) is 0.167. The molecule has 1 aromatic heterocycles. The molecule has 2 aromatic carbocycles. The van der Waals surface area contributed by atoms with Crippen molar-refractivity contribution in [3.8, 4) is 5.75 Å². The molecule has 134 valence electrons. The maximum absolute atomic E-state index is 12.0. The van der Waals surface area contributed by atoms with Crippen molar-refractivity contribution in [2.45, 2.75) is 18.7 Å². The number of amides is 1. The lowest BCUT2D eigenvalue weighted by molar-refractivity contribution is -0.113. The van der Waals surface area contributed by atoms with Crippen LogP contribution in [-0.4, -0.2) is 26.5 Å². The van der Waals surface area contributed by atoms with Crippen LogP contribution in [0.4, 0.5) is 5.69 Å². The summed E-state index contributed by atoms with van der Waals surface area (Å²) in [4.78, 5) is 12.0. The zero-order chi connectivity index (χ0) is 18.4. The molecular formula is C18H19N5O2S. The summed E-state index contributed by atoms with van der Waals surface area (Å²) in [6.45, 7) is 2.19. The quantitative estimate of drug-likeness (QED) is 0.491. The van der Waals surface area contributed by atoms with Gasteiger partial charge in [-0.2, -0.15) is 0 Å². The zero-order valence-corrected chi connectivity index (χ0v) is 15.1. The monoisotopic (exact) mass is 369 g/mol. The topological polar surface area (TPSA) is 95.1 Å². The highest BCUT2D eigenvalue weighted by Crippen LogP contribution is 2.17. The molecule has 0 bridgehead atoms. The van der Waals surface area contributed by atoms with Crippen LogP contribution in [0.25, 0.3) is 0 Å². The Hall–Kier alpha value is -3.00. The third kappa shape index (κ3) is 4.76. The van der Waals surface area contributed by atoms with Crippen molar-refractivity contribution in [2.24, 2.45) is 0 Å². The largest absolute Gasteiger partial charge is 0.486 e. The molecule has 0 aliphatic rings. The molecule has 1 heterocycles. The summed E-state index contributed by atoms with van der Waals surface area (Å²) < 4.78 is 6.95. The van der Waals surface area contributed by atoms with Gasteiger partial charge in [0, 0.05) is 5.69 Å². The van der Waals surface area contributed by atoms with Gasteiger partial charge in [-0.3, -0.25) is 4.79 Å². The van der Waals surface area contributed by atoms with Gasteiger partial charge in [-0.05, 0) is 31.2 Å². The van der Waals surface area contributed by atoms with Crippen molar-refractivity contribution in [3.05, 3.63) is 66.0 Å². The summed E-state index contributed by atoms with van der Waals surface area (Å²) in [5, 5.41) is 11.3. The number of aryl methyl sites for hydroxylation is 1. The summed E-state index contributed by atoms with van der Waals surface area (Å²) in [5.41, 5.74) is 1.89. The molecular weight excluding hydrogens is 350 g/mol. The van der Waals surface area contributed by atoms with Crippen LogP contribution in [0.3, 0.4) is 0 Å². The van der Waals surface area contributed by atoms with Gasteiger partial charge in [0.05, 0.1) is 5.75 Å². The van der Waals surface area contributed by atoms with Crippen molar-refractivity contribution in [3.63, 3.8) is 0 Å². The molecule has 0 aliphatic carbocycles. The molecule has 0 saturated carbocycles. The van der Waals surface area contributed by atoms with Crippen molar-refractivity contribution in [1.82, 2.24) is 14.9 Å². The second kappa shape index (κ2) is 8.39. The van der Waals surface area contributed by atoms with Crippen LogP contribution in [0.1, 0.15) is 11.4 Å². The van der Waals surface area contributed by atoms with E-state index in [1.807, 2.05) is 61.5 Å². The van der Waals surface area contributed by atoms with E-state index in [4.69, 9.17) is 10.6 Å². The maximum atomic E-state index is 12.0. The fourth-order valence-electron chi connectivity index (χ4n) is 2.13. The lowest BCUT2D eigenvalue weighted by atomic mass is 10.2. The lowest BCUT2D eigenvalue weighted by Crippen LogP contribution is -2.18. The Balaban J connectivity index is 1.51. The van der Waals surface area contributed by atoms with Crippen LogP contribution in [0.2, 0.25) is 0 Å². The number of nitrogens with one attached hydrogen (secondary N) is 1. The third-order valence-electron chi connectivity index (χ3n) is 3.51. The zero-order valence-electron chi connectivity index (χ0n) is 14.3. The Morgan fingerprint density at radius 3 is 2.62 bits per heavy atom. The normalized spacial score (nSPS) is 10.5. The second-order valence-electron chi connectivity index (χ2n) is 5.57. The Morgan fingerprint density at radius 1 is 1.15 bits per heavy atom. The van der Waals surface area contributed by atoms with Gasteiger partial charge in [0.2, 0.25) is 11.1 Å². The summed E-state index contributed by atoms with van der Waals surface area (Å²) in [6, 6.07) is 17.0. The Morgan fingerprint density at radius 2 is 1.88 bits per heavy atom. The highest BCUT2D eigenvalue weighted by Gasteiger charge is 2.13. The summed E-state index contributed by atoms with van der Waals surface area (Å²) in [5.74, 6) is 7.24. The Labute approximate surface area is 155 Å². The highest BCUT2D eigenvalue weighted by molar-refractivity contribution is 7.99. The first-order chi connectivity index (χ1) is 12.6. The molecule has 7 nitrogen and oxygen atoms in total. The number of hydrogen-bond acceptors (Lipinski definition) is 6. The molecule has 3 N–H and O–H groups in total. The van der Waals surface area contributed by atoms with Crippen molar-refractivity contribution < 1.29 is 9.53 Å². The van der Waals surface area contributed by atoms with E-state index in [1.54, 1.807) is 0 Å². The van der Waals surface area contributed by atoms with Crippen LogP contribution in [0.15, 0.2) is 59.8 Å². The number of benzene rings is 2. The van der Waals surface area contributed by atoms with E-state index in [0.717, 1.165) is 17.0 Å². The van der Waals surface area contributed by atoms with Gasteiger partial charge < -0.3 is 15.9 Å². The van der Waals surface area contributed by atoms with E-state index in [-0.39, 0.29) is 18.3 Å². The number of carbonyl (C=O) groups is 1. The van der Waals surface area contributed by atoms with Crippen LogP contribution < -0.4 is 15.9 Å². The number of nitrogens with two attached hydrogens (primary N) is 1. The van der Waals surface area contributed by atoms with Crippen molar-refractivity contribution >= 4 is 23.4 Å². The number of aromatic nitrogens is 3. The number of ether oxygens (including phenoxy) is 1. The third-order valence-corrected chi connectivity index (χ3v) is 4.46. The minimum atomic E-state index is -0.135. The average Bonchev–Trinajstić information content (AvgIpc) is 3.01. The molecule has 0 atom stereocenters. The number of thioether (sulfide) groups is 1. The van der Waals surface area contributed by atoms with Gasteiger partial charge in [-0.25, -0.2) is 4.68 Å². The smallest absolute Gasteiger partial charge is 0.234 e. The first-order valence-electron chi connectivity index (χ1n) is 7.98.